The lowest BCUT2D eigenvalue weighted by molar-refractivity contribution is -0.294. The van der Waals surface area contributed by atoms with Crippen LogP contribution in [0.1, 0.15) is 109 Å². The maximum absolute atomic E-state index is 13.9. The van der Waals surface area contributed by atoms with Crippen molar-refractivity contribution in [2.45, 2.75) is 170 Å². The van der Waals surface area contributed by atoms with Crippen LogP contribution in [0.25, 0.3) is 0 Å². The van der Waals surface area contributed by atoms with Gasteiger partial charge in [0, 0.05) is 56.3 Å². The highest BCUT2D eigenvalue weighted by Gasteiger charge is 2.47. The molecule has 1 N–H and O–H groups in total. The zero-order valence-corrected chi connectivity index (χ0v) is 40.1. The molecule has 2 fully saturated rings. The number of esters is 1. The molecule has 3 aliphatic rings. The summed E-state index contributed by atoms with van der Waals surface area (Å²) in [5, 5.41) is 11.9. The van der Waals surface area contributed by atoms with E-state index in [9.17, 15) is 14.7 Å². The molecule has 0 spiro atoms. The van der Waals surface area contributed by atoms with Gasteiger partial charge < -0.3 is 47.9 Å². The molecule has 0 aliphatic carbocycles. The Hall–Kier alpha value is -2.00. The van der Waals surface area contributed by atoms with Gasteiger partial charge in [-0.15, -0.1) is 6.58 Å². The van der Waals surface area contributed by atoms with Gasteiger partial charge in [0.25, 0.3) is 0 Å². The van der Waals surface area contributed by atoms with Gasteiger partial charge in [-0.3, -0.25) is 9.59 Å². The van der Waals surface area contributed by atoms with Gasteiger partial charge in [-0.25, -0.2) is 0 Å². The second-order valence-electron chi connectivity index (χ2n) is 17.7. The average molecular weight is 852 g/mol. The maximum atomic E-state index is 13.9. The van der Waals surface area contributed by atoms with Gasteiger partial charge in [0.2, 0.25) is 0 Å². The Morgan fingerprint density at radius 2 is 1.50 bits per heavy atom. The number of aliphatic hydroxyl groups excluding tert-OH is 1. The van der Waals surface area contributed by atoms with Crippen molar-refractivity contribution in [1.82, 2.24) is 4.90 Å². The molecule has 12 nitrogen and oxygen atoms in total. The third-order valence-electron chi connectivity index (χ3n) is 13.3. The molecule has 0 aromatic heterocycles. The molecule has 17 atom stereocenters. The topological polar surface area (TPSA) is 131 Å². The zero-order valence-electron chi connectivity index (χ0n) is 40.1. The summed E-state index contributed by atoms with van der Waals surface area (Å²) in [6.07, 6.45) is 3.66. The van der Waals surface area contributed by atoms with Crippen LogP contribution in [0.5, 0.6) is 0 Å². The summed E-state index contributed by atoms with van der Waals surface area (Å²) in [6.45, 7) is 28.9. The summed E-state index contributed by atoms with van der Waals surface area (Å²) in [6, 6.07) is -0.0627. The van der Waals surface area contributed by atoms with Crippen LogP contribution in [-0.2, 0) is 47.5 Å². The predicted molar refractivity (Wildman–Crippen MR) is 236 cm³/mol. The van der Waals surface area contributed by atoms with Gasteiger partial charge >= 0.3 is 5.97 Å². The molecule has 0 amide bonds. The number of ketones is 1. The smallest absolute Gasteiger partial charge is 0.308 e. The molecule has 2 saturated heterocycles. The van der Waals surface area contributed by atoms with E-state index in [1.165, 1.54) is 0 Å². The van der Waals surface area contributed by atoms with E-state index < -0.39 is 55.0 Å². The van der Waals surface area contributed by atoms with E-state index in [2.05, 4.69) is 46.1 Å². The number of allylic oxidation sites excluding steroid dienone is 3. The van der Waals surface area contributed by atoms with Gasteiger partial charge in [-0.05, 0) is 71.5 Å². The van der Waals surface area contributed by atoms with E-state index in [1.807, 2.05) is 74.7 Å². The number of ether oxygens (including phenoxy) is 8. The van der Waals surface area contributed by atoms with E-state index in [-0.39, 0.29) is 66.8 Å². The van der Waals surface area contributed by atoms with Crippen LogP contribution < -0.4 is 0 Å². The standard InChI is InChI=1S/C46H79NO11.C2H6/c1-16-20-53-44-34(11)56-46(32(9)42(44)47(12)13)58-43-31(8)38(49)24-40(50)57-39(17-2)36(25-54-45-30(7)28(5)29(6)33(10)55-45)21-26(3)18-19-37(48)27(4)22-35(43)23-41(51-14)52-15;1-2/h16,18-19,21,27-36,38-39,41-46,49H,1,17,20,22-25H2,2-15H3;1-2H3/b19-18+,26-21+;/t27-,28-,29+,30-,31+,32-,33-,34-,35-,36-,38-,39-,42-,43-,44-,45-,46+;/m1./s1. The van der Waals surface area contributed by atoms with E-state index in [4.69, 9.17) is 37.9 Å². The molecular formula is C48H85NO11. The van der Waals surface area contributed by atoms with Crippen molar-refractivity contribution in [2.75, 3.05) is 41.5 Å². The summed E-state index contributed by atoms with van der Waals surface area (Å²) in [5.41, 5.74) is 0.845. The Kier molecular flexibility index (Phi) is 24.0. The Balaban J connectivity index is 0.00000610. The van der Waals surface area contributed by atoms with Crippen molar-refractivity contribution < 1.29 is 52.6 Å². The third-order valence-corrected chi connectivity index (χ3v) is 13.3. The minimum atomic E-state index is -1.14. The quantitative estimate of drug-likeness (QED) is 0.103. The molecule has 0 radical (unpaired) electrons. The first-order chi connectivity index (χ1) is 28.4. The van der Waals surface area contributed by atoms with Gasteiger partial charge in [0.1, 0.15) is 6.10 Å². The number of hydrogen-bond donors (Lipinski definition) is 1. The number of methoxy groups -OCH3 is 2. The number of carbonyl (C=O) groups is 2. The first-order valence-corrected chi connectivity index (χ1v) is 22.7. The summed E-state index contributed by atoms with van der Waals surface area (Å²) in [4.78, 5) is 29.8. The van der Waals surface area contributed by atoms with Gasteiger partial charge in [0.15, 0.2) is 24.7 Å². The number of rotatable bonds is 14. The fourth-order valence-electron chi connectivity index (χ4n) is 9.08. The number of cyclic esters (lactones) is 1. The lowest BCUT2D eigenvalue weighted by Crippen LogP contribution is -2.60. The fraction of sp³-hybridized carbons (Fsp3) is 0.833. The summed E-state index contributed by atoms with van der Waals surface area (Å²) in [5.74, 6) is -1.40. The first-order valence-electron chi connectivity index (χ1n) is 22.7. The van der Waals surface area contributed by atoms with Crippen LogP contribution in [0.15, 0.2) is 36.5 Å². The van der Waals surface area contributed by atoms with Crippen molar-refractivity contribution in [3.63, 3.8) is 0 Å². The monoisotopic (exact) mass is 852 g/mol. The molecule has 3 heterocycles. The van der Waals surface area contributed by atoms with Gasteiger partial charge in [0.05, 0.1) is 50.2 Å². The van der Waals surface area contributed by atoms with Crippen LogP contribution in [-0.4, -0.2) is 125 Å². The maximum Gasteiger partial charge on any atom is 0.308 e. The van der Waals surface area contributed by atoms with E-state index in [0.29, 0.717) is 37.7 Å². The van der Waals surface area contributed by atoms with Crippen LogP contribution in [0.4, 0.5) is 0 Å². The van der Waals surface area contributed by atoms with E-state index in [1.54, 1.807) is 26.4 Å². The highest BCUT2D eigenvalue weighted by atomic mass is 16.7. The predicted octanol–water partition coefficient (Wildman–Crippen LogP) is 8.01. The highest BCUT2D eigenvalue weighted by molar-refractivity contribution is 5.91. The third kappa shape index (κ3) is 15.1. The lowest BCUT2D eigenvalue weighted by Gasteiger charge is -2.49. The average Bonchev–Trinajstić information content (AvgIpc) is 3.22. The van der Waals surface area contributed by atoms with Crippen molar-refractivity contribution in [3.05, 3.63) is 36.5 Å². The largest absolute Gasteiger partial charge is 0.462 e. The van der Waals surface area contributed by atoms with Crippen molar-refractivity contribution in [2.24, 2.45) is 47.3 Å². The molecular weight excluding hydrogens is 767 g/mol. The Bertz CT molecular complexity index is 1330. The molecule has 0 aromatic rings. The number of nitrogens with zero attached hydrogens (tertiary/aromatic N) is 1. The summed E-state index contributed by atoms with van der Waals surface area (Å²) >= 11 is 0. The Morgan fingerprint density at radius 1 is 0.867 bits per heavy atom. The number of carbonyl (C=O) groups excluding carboxylic acids is 2. The molecule has 0 saturated carbocycles. The van der Waals surface area contributed by atoms with Gasteiger partial charge in [-0.1, -0.05) is 86.1 Å². The van der Waals surface area contributed by atoms with Crippen LogP contribution in [0.3, 0.4) is 0 Å². The van der Waals surface area contributed by atoms with Gasteiger partial charge in [-0.2, -0.15) is 0 Å². The molecule has 60 heavy (non-hydrogen) atoms. The van der Waals surface area contributed by atoms with Crippen molar-refractivity contribution in [3.8, 4) is 0 Å². The summed E-state index contributed by atoms with van der Waals surface area (Å²) in [7, 11) is 7.18. The molecule has 12 heteroatoms. The molecule has 0 aromatic carbocycles. The second-order valence-corrected chi connectivity index (χ2v) is 17.7. The second kappa shape index (κ2) is 26.6. The highest BCUT2D eigenvalue weighted by Crippen LogP contribution is 2.39. The number of aliphatic hydroxyl groups is 1. The summed E-state index contributed by atoms with van der Waals surface area (Å²) < 4.78 is 50.2. The molecule has 348 valence electrons. The van der Waals surface area contributed by atoms with Crippen LogP contribution in [0.2, 0.25) is 0 Å². The molecule has 0 bridgehead atoms. The first kappa shape index (κ1) is 54.1. The van der Waals surface area contributed by atoms with E-state index in [0.717, 1.165) is 5.57 Å². The van der Waals surface area contributed by atoms with Crippen LogP contribution >= 0.6 is 0 Å². The minimum Gasteiger partial charge on any atom is -0.462 e. The molecule has 3 aliphatic heterocycles. The van der Waals surface area contributed by atoms with Crippen LogP contribution in [0, 0.1) is 47.3 Å². The molecule has 3 rings (SSSR count). The van der Waals surface area contributed by atoms with Crippen molar-refractivity contribution in [1.29, 1.82) is 0 Å². The Morgan fingerprint density at radius 3 is 2.08 bits per heavy atom. The number of likely N-dealkylation sites (N-methyl/N-ethyl adjacent to an activating group) is 1. The zero-order chi connectivity index (χ0) is 45.4. The fourth-order valence-corrected chi connectivity index (χ4v) is 9.08. The normalized spacial score (nSPS) is 40.2. The van der Waals surface area contributed by atoms with E-state index >= 15 is 0 Å². The van der Waals surface area contributed by atoms with Crippen molar-refractivity contribution >= 4 is 11.8 Å². The SMILES string of the molecule is C=CCO[C@H]1[C@H](N(C)C)[C@@H](C)[C@H](O[C@H]2[C@@H](CC(OC)OC)C[C@@H](C)C(=O)/C=C/C(C)=C/[C@H](CO[C@@H]3O[C@H](C)[C@@H](C)[C@@H](C)[C@H]3C)[C@@H](CC)OC(=O)C[C@@H](O)[C@@H]2C)O[C@@H]1C.CC. The minimum absolute atomic E-state index is 0.0400. The number of hydrogen-bond acceptors (Lipinski definition) is 12. The lowest BCUT2D eigenvalue weighted by atomic mass is 9.79. The Labute approximate surface area is 364 Å². The molecule has 0 unspecified atom stereocenters.